The summed E-state index contributed by atoms with van der Waals surface area (Å²) in [4.78, 5) is 11.4. The minimum Gasteiger partial charge on any atom is -0.384 e. The number of nitrogens with one attached hydrogen (secondary N) is 1. The molecule has 5 heteroatoms. The van der Waals surface area contributed by atoms with Crippen LogP contribution in [-0.4, -0.2) is 26.9 Å². The largest absolute Gasteiger partial charge is 0.384 e. The molecule has 2 N–H and O–H groups in total. The fraction of sp³-hybridized carbons (Fsp3) is 0.333. The molecule has 1 unspecified atom stereocenters. The molecule has 106 valence electrons. The van der Waals surface area contributed by atoms with Gasteiger partial charge in [0.15, 0.2) is 0 Å². The maximum Gasteiger partial charge on any atom is 0.248 e. The van der Waals surface area contributed by atoms with Crippen LogP contribution in [0.5, 0.6) is 0 Å². The Balaban J connectivity index is 2.24. The lowest BCUT2D eigenvalue weighted by molar-refractivity contribution is -0.128. The van der Waals surface area contributed by atoms with Crippen molar-refractivity contribution >= 4 is 5.91 Å². The zero-order chi connectivity index (χ0) is 14.7. The molecule has 5 nitrogen and oxygen atoms in total. The number of benzene rings is 1. The number of nitrogens with zero attached hydrogens (tertiary/aromatic N) is 2. The van der Waals surface area contributed by atoms with Crippen molar-refractivity contribution in [1.82, 2.24) is 15.1 Å². The zero-order valence-corrected chi connectivity index (χ0v) is 11.9. The van der Waals surface area contributed by atoms with Crippen molar-refractivity contribution in [3.8, 4) is 5.69 Å². The number of aryl methyl sites for hydroxylation is 1. The molecule has 0 saturated heterocycles. The maximum atomic E-state index is 11.4. The monoisotopic (exact) mass is 273 g/mol. The van der Waals surface area contributed by atoms with Gasteiger partial charge in [-0.2, -0.15) is 5.10 Å². The molecular weight excluding hydrogens is 254 g/mol. The van der Waals surface area contributed by atoms with Crippen LogP contribution in [-0.2, 0) is 11.3 Å². The average Bonchev–Trinajstić information content (AvgIpc) is 2.72. The maximum absolute atomic E-state index is 11.4. The van der Waals surface area contributed by atoms with Crippen molar-refractivity contribution < 1.29 is 9.90 Å². The fourth-order valence-electron chi connectivity index (χ4n) is 2.07. The Morgan fingerprint density at radius 2 is 2.00 bits per heavy atom. The van der Waals surface area contributed by atoms with E-state index in [1.54, 1.807) is 0 Å². The van der Waals surface area contributed by atoms with Crippen molar-refractivity contribution in [2.75, 3.05) is 0 Å². The Kier molecular flexibility index (Phi) is 4.20. The van der Waals surface area contributed by atoms with E-state index in [9.17, 15) is 9.90 Å². The smallest absolute Gasteiger partial charge is 0.248 e. The number of para-hydroxylation sites is 1. The van der Waals surface area contributed by atoms with Crippen LogP contribution in [0.25, 0.3) is 5.69 Å². The molecule has 0 aliphatic heterocycles. The molecule has 0 radical (unpaired) electrons. The Labute approximate surface area is 118 Å². The Bertz CT molecular complexity index is 603. The minimum atomic E-state index is -1.00. The molecule has 1 aromatic carbocycles. The zero-order valence-electron chi connectivity index (χ0n) is 11.9. The molecule has 0 saturated carbocycles. The molecule has 0 bridgehead atoms. The summed E-state index contributed by atoms with van der Waals surface area (Å²) in [6.45, 7) is 5.70. The van der Waals surface area contributed by atoms with Gasteiger partial charge in [0.1, 0.15) is 6.10 Å². The third-order valence-corrected chi connectivity index (χ3v) is 3.26. The second-order valence-electron chi connectivity index (χ2n) is 4.79. The second kappa shape index (κ2) is 5.88. The van der Waals surface area contributed by atoms with E-state index >= 15 is 0 Å². The molecule has 2 aromatic rings. The Morgan fingerprint density at radius 3 is 2.60 bits per heavy atom. The van der Waals surface area contributed by atoms with Crippen molar-refractivity contribution in [3.63, 3.8) is 0 Å². The normalized spacial score (nSPS) is 12.2. The van der Waals surface area contributed by atoms with Gasteiger partial charge >= 0.3 is 0 Å². The highest BCUT2D eigenvalue weighted by Crippen LogP contribution is 2.17. The molecule has 2 rings (SSSR count). The van der Waals surface area contributed by atoms with E-state index in [4.69, 9.17) is 0 Å². The van der Waals surface area contributed by atoms with Gasteiger partial charge in [-0.05, 0) is 32.9 Å². The lowest BCUT2D eigenvalue weighted by atomic mass is 10.2. The fourth-order valence-corrected chi connectivity index (χ4v) is 2.07. The van der Waals surface area contributed by atoms with E-state index in [0.717, 1.165) is 22.6 Å². The predicted octanol–water partition coefficient (Wildman–Crippen LogP) is 1.49. The van der Waals surface area contributed by atoms with Gasteiger partial charge in [-0.15, -0.1) is 0 Å². The van der Waals surface area contributed by atoms with E-state index in [2.05, 4.69) is 10.4 Å². The van der Waals surface area contributed by atoms with E-state index in [1.165, 1.54) is 6.92 Å². The number of aliphatic hydroxyl groups is 1. The van der Waals surface area contributed by atoms with Gasteiger partial charge in [0.25, 0.3) is 0 Å². The van der Waals surface area contributed by atoms with Crippen molar-refractivity contribution in [3.05, 3.63) is 47.3 Å². The molecule has 1 amide bonds. The highest BCUT2D eigenvalue weighted by atomic mass is 16.3. The van der Waals surface area contributed by atoms with Gasteiger partial charge in [-0.25, -0.2) is 4.68 Å². The van der Waals surface area contributed by atoms with Gasteiger partial charge in [0, 0.05) is 17.8 Å². The summed E-state index contributed by atoms with van der Waals surface area (Å²) in [7, 11) is 0. The number of rotatable bonds is 4. The first-order valence-corrected chi connectivity index (χ1v) is 6.57. The van der Waals surface area contributed by atoms with Gasteiger partial charge in [-0.1, -0.05) is 18.2 Å². The van der Waals surface area contributed by atoms with Crippen molar-refractivity contribution in [2.24, 2.45) is 0 Å². The van der Waals surface area contributed by atoms with Gasteiger partial charge in [0.2, 0.25) is 5.91 Å². The summed E-state index contributed by atoms with van der Waals surface area (Å²) >= 11 is 0. The molecular formula is C15H19N3O2. The van der Waals surface area contributed by atoms with Crippen LogP contribution < -0.4 is 5.32 Å². The molecule has 1 atom stereocenters. The first-order valence-electron chi connectivity index (χ1n) is 6.57. The lowest BCUT2D eigenvalue weighted by Crippen LogP contribution is -2.32. The molecule has 0 aliphatic carbocycles. The number of aliphatic hydroxyl groups excluding tert-OH is 1. The topological polar surface area (TPSA) is 67.2 Å². The molecule has 1 aromatic heterocycles. The van der Waals surface area contributed by atoms with Crippen LogP contribution in [0.1, 0.15) is 23.9 Å². The molecule has 0 aliphatic rings. The Morgan fingerprint density at radius 1 is 1.35 bits per heavy atom. The number of carbonyl (C=O) groups excluding carboxylic acids is 1. The molecule has 20 heavy (non-hydrogen) atoms. The van der Waals surface area contributed by atoms with Crippen LogP contribution in [0.15, 0.2) is 30.3 Å². The van der Waals surface area contributed by atoms with Gasteiger partial charge in [-0.3, -0.25) is 4.79 Å². The van der Waals surface area contributed by atoms with Crippen LogP contribution in [0, 0.1) is 13.8 Å². The predicted molar refractivity (Wildman–Crippen MR) is 76.6 cm³/mol. The third-order valence-electron chi connectivity index (χ3n) is 3.26. The van der Waals surface area contributed by atoms with Crippen molar-refractivity contribution in [2.45, 2.75) is 33.4 Å². The third kappa shape index (κ3) is 2.88. The quantitative estimate of drug-likeness (QED) is 0.887. The molecule has 0 fully saturated rings. The first kappa shape index (κ1) is 14.3. The summed E-state index contributed by atoms with van der Waals surface area (Å²) in [5.74, 6) is -0.378. The number of amides is 1. The number of carbonyl (C=O) groups is 1. The second-order valence-corrected chi connectivity index (χ2v) is 4.79. The summed E-state index contributed by atoms with van der Waals surface area (Å²) in [5, 5.41) is 16.4. The van der Waals surface area contributed by atoms with Crippen LogP contribution >= 0.6 is 0 Å². The number of hydrogen-bond acceptors (Lipinski definition) is 3. The summed E-state index contributed by atoms with van der Waals surface area (Å²) in [5.41, 5.74) is 3.82. The standard InChI is InChI=1S/C15H19N3O2/c1-10-14(9-16-15(20)12(3)19)11(2)18(17-10)13-7-5-4-6-8-13/h4-8,12,19H,9H2,1-3H3,(H,16,20). The van der Waals surface area contributed by atoms with Gasteiger partial charge < -0.3 is 10.4 Å². The molecule has 0 spiro atoms. The first-order chi connectivity index (χ1) is 9.50. The van der Waals surface area contributed by atoms with Crippen LogP contribution in [0.4, 0.5) is 0 Å². The number of aromatic nitrogens is 2. The van der Waals surface area contributed by atoms with Crippen LogP contribution in [0.3, 0.4) is 0 Å². The van der Waals surface area contributed by atoms with E-state index in [-0.39, 0.29) is 5.91 Å². The van der Waals surface area contributed by atoms with Gasteiger partial charge in [0.05, 0.1) is 11.4 Å². The summed E-state index contributed by atoms with van der Waals surface area (Å²) in [6, 6.07) is 9.84. The lowest BCUT2D eigenvalue weighted by Gasteiger charge is -2.08. The average molecular weight is 273 g/mol. The summed E-state index contributed by atoms with van der Waals surface area (Å²) < 4.78 is 1.86. The summed E-state index contributed by atoms with van der Waals surface area (Å²) in [6.07, 6.45) is -1.00. The SMILES string of the molecule is Cc1nn(-c2ccccc2)c(C)c1CNC(=O)C(C)O. The highest BCUT2D eigenvalue weighted by Gasteiger charge is 2.14. The minimum absolute atomic E-state index is 0.369. The van der Waals surface area contributed by atoms with E-state index < -0.39 is 6.10 Å². The van der Waals surface area contributed by atoms with E-state index in [1.807, 2.05) is 48.9 Å². The molecule has 1 heterocycles. The van der Waals surface area contributed by atoms with Crippen LogP contribution in [0.2, 0.25) is 0 Å². The Hall–Kier alpha value is -2.14. The number of hydrogen-bond donors (Lipinski definition) is 2. The van der Waals surface area contributed by atoms with Crippen molar-refractivity contribution in [1.29, 1.82) is 0 Å². The van der Waals surface area contributed by atoms with E-state index in [0.29, 0.717) is 6.54 Å². The highest BCUT2D eigenvalue weighted by molar-refractivity contribution is 5.79.